The SMILES string of the molecule is CC1=NN(C(=O)c2ccn(COc3cc(C)ccc3Cl)n2)[C@](O)(C(F)(F)F)C1. The molecule has 0 saturated heterocycles. The van der Waals surface area contributed by atoms with Crippen LogP contribution in [0.15, 0.2) is 35.6 Å². The van der Waals surface area contributed by atoms with Gasteiger partial charge in [-0.25, -0.2) is 4.68 Å². The van der Waals surface area contributed by atoms with Gasteiger partial charge in [-0.1, -0.05) is 17.7 Å². The predicted octanol–water partition coefficient (Wildman–Crippen LogP) is 3.35. The molecular weight excluding hydrogens is 401 g/mol. The van der Waals surface area contributed by atoms with E-state index < -0.39 is 24.2 Å². The lowest BCUT2D eigenvalue weighted by Crippen LogP contribution is -2.56. The molecule has 11 heteroatoms. The van der Waals surface area contributed by atoms with Crippen LogP contribution in [0, 0.1) is 6.92 Å². The van der Waals surface area contributed by atoms with Gasteiger partial charge in [0.05, 0.1) is 5.02 Å². The Labute approximate surface area is 163 Å². The molecule has 1 aromatic carbocycles. The fraction of sp³-hybridized carbons (Fsp3) is 0.353. The summed E-state index contributed by atoms with van der Waals surface area (Å²) < 4.78 is 46.5. The molecule has 2 heterocycles. The number of benzene rings is 1. The van der Waals surface area contributed by atoms with Gasteiger partial charge in [-0.05, 0) is 37.6 Å². The van der Waals surface area contributed by atoms with Crippen LogP contribution in [0.4, 0.5) is 13.2 Å². The second-order valence-electron chi connectivity index (χ2n) is 6.39. The van der Waals surface area contributed by atoms with E-state index in [1.54, 1.807) is 18.2 Å². The van der Waals surface area contributed by atoms with E-state index in [0.717, 1.165) is 5.56 Å². The molecular formula is C17H16ClF3N4O3. The first-order chi connectivity index (χ1) is 13.0. The first-order valence-corrected chi connectivity index (χ1v) is 8.49. The minimum absolute atomic E-state index is 0.0211. The number of carbonyl (C=O) groups is 1. The van der Waals surface area contributed by atoms with Crippen LogP contribution in [0.2, 0.25) is 5.02 Å². The zero-order valence-electron chi connectivity index (χ0n) is 14.9. The number of aryl methyl sites for hydroxylation is 1. The topological polar surface area (TPSA) is 80.0 Å². The molecule has 0 unspecified atom stereocenters. The number of hydrogen-bond donors (Lipinski definition) is 1. The number of ether oxygens (including phenoxy) is 1. The fourth-order valence-corrected chi connectivity index (χ4v) is 2.84. The second kappa shape index (κ2) is 7.10. The second-order valence-corrected chi connectivity index (χ2v) is 6.80. The van der Waals surface area contributed by atoms with Gasteiger partial charge in [0.2, 0.25) is 0 Å². The molecule has 0 aliphatic carbocycles. The van der Waals surface area contributed by atoms with E-state index in [2.05, 4.69) is 10.2 Å². The Morgan fingerprint density at radius 3 is 2.75 bits per heavy atom. The number of amides is 1. The van der Waals surface area contributed by atoms with Crippen molar-refractivity contribution in [3.05, 3.63) is 46.7 Å². The zero-order valence-corrected chi connectivity index (χ0v) is 15.6. The number of hydrazone groups is 1. The van der Waals surface area contributed by atoms with Gasteiger partial charge in [-0.3, -0.25) is 4.79 Å². The van der Waals surface area contributed by atoms with E-state index >= 15 is 0 Å². The van der Waals surface area contributed by atoms with Crippen LogP contribution in [0.25, 0.3) is 0 Å². The number of rotatable bonds is 4. The molecule has 150 valence electrons. The van der Waals surface area contributed by atoms with Crippen molar-refractivity contribution in [1.82, 2.24) is 14.8 Å². The lowest BCUT2D eigenvalue weighted by atomic mass is 10.1. The van der Waals surface area contributed by atoms with Gasteiger partial charge in [0.25, 0.3) is 11.6 Å². The maximum absolute atomic E-state index is 13.3. The normalized spacial score (nSPS) is 19.7. The smallest absolute Gasteiger partial charge is 0.438 e. The van der Waals surface area contributed by atoms with Crippen molar-refractivity contribution in [1.29, 1.82) is 0 Å². The maximum Gasteiger partial charge on any atom is 0.438 e. The Bertz CT molecular complexity index is 944. The monoisotopic (exact) mass is 416 g/mol. The molecule has 2 aromatic rings. The Kier molecular flexibility index (Phi) is 5.11. The summed E-state index contributed by atoms with van der Waals surface area (Å²) in [4.78, 5) is 12.5. The number of aromatic nitrogens is 2. The van der Waals surface area contributed by atoms with Gasteiger partial charge in [-0.15, -0.1) is 0 Å². The molecule has 1 aliphatic rings. The highest BCUT2D eigenvalue weighted by atomic mass is 35.5. The molecule has 1 N–H and O–H groups in total. The molecule has 28 heavy (non-hydrogen) atoms. The third-order valence-electron chi connectivity index (χ3n) is 4.07. The van der Waals surface area contributed by atoms with Crippen LogP contribution in [0.5, 0.6) is 5.75 Å². The van der Waals surface area contributed by atoms with Crippen LogP contribution < -0.4 is 4.74 Å². The van der Waals surface area contributed by atoms with Gasteiger partial charge in [0.1, 0.15) is 5.75 Å². The molecule has 3 rings (SSSR count). The van der Waals surface area contributed by atoms with Crippen molar-refractivity contribution in [2.24, 2.45) is 5.10 Å². The van der Waals surface area contributed by atoms with Crippen molar-refractivity contribution in [3.63, 3.8) is 0 Å². The van der Waals surface area contributed by atoms with Gasteiger partial charge >= 0.3 is 6.18 Å². The van der Waals surface area contributed by atoms with Gasteiger partial charge in [0, 0.05) is 18.3 Å². The summed E-state index contributed by atoms with van der Waals surface area (Å²) in [6, 6.07) is 6.39. The van der Waals surface area contributed by atoms with Crippen LogP contribution in [-0.2, 0) is 6.73 Å². The molecule has 0 bridgehead atoms. The predicted molar refractivity (Wildman–Crippen MR) is 93.9 cm³/mol. The van der Waals surface area contributed by atoms with Crippen molar-refractivity contribution in [2.45, 2.75) is 38.9 Å². The van der Waals surface area contributed by atoms with Gasteiger partial charge in [-0.2, -0.15) is 28.4 Å². The van der Waals surface area contributed by atoms with Crippen LogP contribution in [-0.4, -0.2) is 43.4 Å². The average molecular weight is 417 g/mol. The molecule has 0 radical (unpaired) electrons. The Morgan fingerprint density at radius 2 is 2.07 bits per heavy atom. The van der Waals surface area contributed by atoms with Crippen LogP contribution in [0.3, 0.4) is 0 Å². The zero-order chi connectivity index (χ0) is 20.7. The number of halogens is 4. The van der Waals surface area contributed by atoms with Crippen LogP contribution >= 0.6 is 11.6 Å². The van der Waals surface area contributed by atoms with E-state index in [0.29, 0.717) is 10.8 Å². The average Bonchev–Trinajstić information content (AvgIpc) is 3.19. The number of carbonyl (C=O) groups excluding carboxylic acids is 1. The maximum atomic E-state index is 13.3. The number of nitrogens with zero attached hydrogens (tertiary/aromatic N) is 4. The Balaban J connectivity index is 1.76. The molecule has 0 spiro atoms. The summed E-state index contributed by atoms with van der Waals surface area (Å²) in [5.74, 6) is -0.778. The third-order valence-corrected chi connectivity index (χ3v) is 4.38. The van der Waals surface area contributed by atoms with E-state index in [-0.39, 0.29) is 23.1 Å². The first kappa shape index (κ1) is 20.2. The summed E-state index contributed by atoms with van der Waals surface area (Å²) in [7, 11) is 0. The summed E-state index contributed by atoms with van der Waals surface area (Å²) >= 11 is 6.03. The van der Waals surface area contributed by atoms with E-state index in [9.17, 15) is 23.1 Å². The molecule has 1 atom stereocenters. The van der Waals surface area contributed by atoms with E-state index in [1.165, 1.54) is 23.9 Å². The minimum atomic E-state index is -5.07. The molecule has 1 aliphatic heterocycles. The standard InChI is InChI=1S/C17H16ClF3N4O3/c1-10-3-4-12(18)14(7-10)28-9-24-6-5-13(23-24)15(26)25-16(27,17(19,20)21)8-11(2)22-25/h3-7,27H,8-9H2,1-2H3/t16-/m1/s1. The third kappa shape index (κ3) is 3.69. The summed E-state index contributed by atoms with van der Waals surface area (Å²) in [6.45, 7) is 3.03. The Morgan fingerprint density at radius 1 is 1.36 bits per heavy atom. The van der Waals surface area contributed by atoms with Crippen molar-refractivity contribution in [3.8, 4) is 5.75 Å². The molecule has 0 fully saturated rings. The first-order valence-electron chi connectivity index (χ1n) is 8.11. The molecule has 1 aromatic heterocycles. The fourth-order valence-electron chi connectivity index (χ4n) is 2.67. The largest absolute Gasteiger partial charge is 0.470 e. The van der Waals surface area contributed by atoms with Gasteiger partial charge < -0.3 is 9.84 Å². The summed E-state index contributed by atoms with van der Waals surface area (Å²) in [5, 5.41) is 17.8. The lowest BCUT2D eigenvalue weighted by Gasteiger charge is -2.32. The summed E-state index contributed by atoms with van der Waals surface area (Å²) in [6.07, 6.45) is -4.54. The van der Waals surface area contributed by atoms with E-state index in [1.807, 2.05) is 6.92 Å². The van der Waals surface area contributed by atoms with Crippen molar-refractivity contribution >= 4 is 23.2 Å². The molecule has 1 amide bonds. The highest BCUT2D eigenvalue weighted by molar-refractivity contribution is 6.32. The Hall–Kier alpha value is -2.59. The lowest BCUT2D eigenvalue weighted by molar-refractivity contribution is -0.297. The van der Waals surface area contributed by atoms with Crippen LogP contribution in [0.1, 0.15) is 29.4 Å². The minimum Gasteiger partial charge on any atom is -0.470 e. The number of aliphatic hydroxyl groups is 1. The molecule has 7 nitrogen and oxygen atoms in total. The van der Waals surface area contributed by atoms with Crippen molar-refractivity contribution < 1.29 is 27.8 Å². The quantitative estimate of drug-likeness (QED) is 0.828. The summed E-state index contributed by atoms with van der Waals surface area (Å²) in [5.41, 5.74) is -2.82. The van der Waals surface area contributed by atoms with Crippen molar-refractivity contribution in [2.75, 3.05) is 0 Å². The highest BCUT2D eigenvalue weighted by Gasteiger charge is 2.63. The van der Waals surface area contributed by atoms with Gasteiger partial charge in [0.15, 0.2) is 12.4 Å². The number of hydrogen-bond acceptors (Lipinski definition) is 5. The highest BCUT2D eigenvalue weighted by Crippen LogP contribution is 2.40. The van der Waals surface area contributed by atoms with E-state index in [4.69, 9.17) is 16.3 Å². The molecule has 0 saturated carbocycles. The number of alkyl halides is 3.